The van der Waals surface area contributed by atoms with Crippen LogP contribution in [0.1, 0.15) is 110 Å². The van der Waals surface area contributed by atoms with Gasteiger partial charge in [0, 0.05) is 11.5 Å². The predicted molar refractivity (Wildman–Crippen MR) is 136 cm³/mol. The molecule has 0 aromatic carbocycles. The van der Waals surface area contributed by atoms with E-state index in [1.54, 1.807) is 6.92 Å². The van der Waals surface area contributed by atoms with Crippen molar-refractivity contribution in [3.8, 4) is 0 Å². The number of hydrogen-bond donors (Lipinski definition) is 1. The number of carbonyl (C=O) groups excluding carboxylic acids is 1. The second-order valence-electron chi connectivity index (χ2n) is 11.1. The summed E-state index contributed by atoms with van der Waals surface area (Å²) in [6, 6.07) is 0. The first kappa shape index (κ1) is 28.4. The molecule has 1 N–H and O–H groups in total. The van der Waals surface area contributed by atoms with Gasteiger partial charge in [-0.2, -0.15) is 0 Å². The van der Waals surface area contributed by atoms with Gasteiger partial charge in [0.1, 0.15) is 0 Å². The molecule has 2 saturated carbocycles. The number of rotatable bonds is 16. The van der Waals surface area contributed by atoms with Crippen LogP contribution in [0.4, 0.5) is 0 Å². The summed E-state index contributed by atoms with van der Waals surface area (Å²) in [5.74, 6) is 3.50. The van der Waals surface area contributed by atoms with Crippen molar-refractivity contribution in [2.24, 2.45) is 29.6 Å². The smallest absolute Gasteiger partial charge is 0.333 e. The third-order valence-corrected chi connectivity index (χ3v) is 8.19. The number of unbranched alkanes of at least 4 members (excludes halogenated alkanes) is 2. The molecule has 4 heteroatoms. The molecule has 0 bridgehead atoms. The molecule has 2 fully saturated rings. The highest BCUT2D eigenvalue weighted by molar-refractivity contribution is 5.86. The maximum atomic E-state index is 11.8. The molecular weight excluding hydrogens is 412 g/mol. The van der Waals surface area contributed by atoms with Gasteiger partial charge in [-0.1, -0.05) is 103 Å². The molecule has 2 aliphatic carbocycles. The largest absolute Gasteiger partial charge is 0.462 e. The Balaban J connectivity index is 1.62. The Labute approximate surface area is 203 Å². The third-order valence-electron chi connectivity index (χ3n) is 8.19. The van der Waals surface area contributed by atoms with Gasteiger partial charge in [-0.3, -0.25) is 0 Å². The van der Waals surface area contributed by atoms with E-state index in [-0.39, 0.29) is 18.5 Å². The molecule has 1 atom stereocenters. The molecule has 0 aromatic rings. The normalized spacial score (nSPS) is 26.6. The third kappa shape index (κ3) is 11.9. The number of ether oxygens (including phenoxy) is 2. The lowest BCUT2D eigenvalue weighted by Crippen LogP contribution is -2.25. The molecule has 0 spiro atoms. The lowest BCUT2D eigenvalue weighted by molar-refractivity contribution is -0.141. The summed E-state index contributed by atoms with van der Waals surface area (Å²) >= 11 is 0. The molecule has 33 heavy (non-hydrogen) atoms. The molecule has 4 nitrogen and oxygen atoms in total. The number of esters is 1. The number of carbonyl (C=O) groups is 1. The first-order chi connectivity index (χ1) is 16.0. The Hall–Kier alpha value is -0.870. The summed E-state index contributed by atoms with van der Waals surface area (Å²) < 4.78 is 11.0. The SMILES string of the molecule is C=C(C)C(=O)OCC(COCCO)CC1CCC(CCC2CCC(CCCCC)CC2)CC1. The van der Waals surface area contributed by atoms with Crippen molar-refractivity contribution in [2.45, 2.75) is 110 Å². The van der Waals surface area contributed by atoms with Crippen LogP contribution < -0.4 is 0 Å². The second kappa shape index (κ2) is 16.7. The van der Waals surface area contributed by atoms with Crippen LogP contribution in [0.5, 0.6) is 0 Å². The minimum Gasteiger partial charge on any atom is -0.462 e. The minimum atomic E-state index is -0.319. The van der Waals surface area contributed by atoms with Gasteiger partial charge in [0.25, 0.3) is 0 Å². The quantitative estimate of drug-likeness (QED) is 0.150. The van der Waals surface area contributed by atoms with E-state index in [0.29, 0.717) is 31.3 Å². The van der Waals surface area contributed by atoms with Gasteiger partial charge in [-0.05, 0) is 37.0 Å². The summed E-state index contributed by atoms with van der Waals surface area (Å²) in [5, 5.41) is 9.00. The highest BCUT2D eigenvalue weighted by Gasteiger charge is 2.26. The second-order valence-corrected chi connectivity index (χ2v) is 11.1. The molecule has 0 heterocycles. The lowest BCUT2D eigenvalue weighted by atomic mass is 9.73. The standard InChI is InChI=1S/C29H52O4/c1-4-5-6-7-24-8-10-25(11-9-24)12-13-26-14-16-27(17-15-26)20-28(21-32-19-18-30)22-33-29(31)23(2)3/h24-28,30H,2,4-22H2,1,3H3. The summed E-state index contributed by atoms with van der Waals surface area (Å²) in [5.41, 5.74) is 0.440. The molecule has 0 saturated heterocycles. The zero-order valence-corrected chi connectivity index (χ0v) is 21.7. The van der Waals surface area contributed by atoms with E-state index in [4.69, 9.17) is 14.6 Å². The molecule has 192 valence electrons. The summed E-state index contributed by atoms with van der Waals surface area (Å²) in [4.78, 5) is 11.8. The van der Waals surface area contributed by atoms with Crippen molar-refractivity contribution in [3.63, 3.8) is 0 Å². The Morgan fingerprint density at radius 1 is 0.879 bits per heavy atom. The molecule has 1 unspecified atom stereocenters. The first-order valence-electron chi connectivity index (χ1n) is 14.0. The van der Waals surface area contributed by atoms with Gasteiger partial charge in [0.05, 0.1) is 26.4 Å². The van der Waals surface area contributed by atoms with Crippen molar-refractivity contribution in [1.82, 2.24) is 0 Å². The molecule has 2 aliphatic rings. The van der Waals surface area contributed by atoms with E-state index in [2.05, 4.69) is 13.5 Å². The van der Waals surface area contributed by atoms with Crippen LogP contribution >= 0.6 is 0 Å². The number of hydrogen-bond acceptors (Lipinski definition) is 4. The molecule has 0 amide bonds. The van der Waals surface area contributed by atoms with Gasteiger partial charge in [0.2, 0.25) is 0 Å². The number of aliphatic hydroxyl groups is 1. The summed E-state index contributed by atoms with van der Waals surface area (Å²) in [7, 11) is 0. The first-order valence-corrected chi connectivity index (χ1v) is 14.0. The molecule has 0 aromatic heterocycles. The highest BCUT2D eigenvalue weighted by Crippen LogP contribution is 2.39. The van der Waals surface area contributed by atoms with Crippen molar-refractivity contribution >= 4 is 5.97 Å². The Morgan fingerprint density at radius 2 is 1.42 bits per heavy atom. The Morgan fingerprint density at radius 3 is 1.94 bits per heavy atom. The Kier molecular flexibility index (Phi) is 14.4. The van der Waals surface area contributed by atoms with E-state index < -0.39 is 0 Å². The van der Waals surface area contributed by atoms with Crippen molar-refractivity contribution in [1.29, 1.82) is 0 Å². The maximum Gasteiger partial charge on any atom is 0.333 e. The summed E-state index contributed by atoms with van der Waals surface area (Å²) in [6.45, 7) is 8.96. The topological polar surface area (TPSA) is 55.8 Å². The van der Waals surface area contributed by atoms with Gasteiger partial charge in [-0.25, -0.2) is 4.79 Å². The molecular formula is C29H52O4. The van der Waals surface area contributed by atoms with Crippen molar-refractivity contribution in [2.75, 3.05) is 26.4 Å². The highest BCUT2D eigenvalue weighted by atomic mass is 16.5. The average molecular weight is 465 g/mol. The fourth-order valence-corrected chi connectivity index (χ4v) is 6.01. The van der Waals surface area contributed by atoms with Crippen LogP contribution in [0.3, 0.4) is 0 Å². The monoisotopic (exact) mass is 464 g/mol. The van der Waals surface area contributed by atoms with E-state index in [9.17, 15) is 4.79 Å². The van der Waals surface area contributed by atoms with E-state index >= 15 is 0 Å². The lowest BCUT2D eigenvalue weighted by Gasteiger charge is -2.33. The zero-order valence-electron chi connectivity index (χ0n) is 21.7. The van der Waals surface area contributed by atoms with Gasteiger partial charge >= 0.3 is 5.97 Å². The van der Waals surface area contributed by atoms with Gasteiger partial charge < -0.3 is 14.6 Å². The van der Waals surface area contributed by atoms with E-state index in [0.717, 1.165) is 24.2 Å². The Bertz CT molecular complexity index is 530. The van der Waals surface area contributed by atoms with Crippen LogP contribution in [-0.4, -0.2) is 37.5 Å². The summed E-state index contributed by atoms with van der Waals surface area (Å²) in [6.07, 6.45) is 20.8. The molecule has 0 radical (unpaired) electrons. The minimum absolute atomic E-state index is 0.0316. The molecule has 0 aliphatic heterocycles. The van der Waals surface area contributed by atoms with Crippen LogP contribution in [0.25, 0.3) is 0 Å². The van der Waals surface area contributed by atoms with Gasteiger partial charge in [0.15, 0.2) is 0 Å². The van der Waals surface area contributed by atoms with E-state index in [1.807, 2.05) is 0 Å². The number of aliphatic hydroxyl groups excluding tert-OH is 1. The average Bonchev–Trinajstić information content (AvgIpc) is 2.82. The van der Waals surface area contributed by atoms with Crippen LogP contribution in [0, 0.1) is 29.6 Å². The molecule has 2 rings (SSSR count). The fourth-order valence-electron chi connectivity index (χ4n) is 6.01. The maximum absolute atomic E-state index is 11.8. The van der Waals surface area contributed by atoms with Crippen LogP contribution in [-0.2, 0) is 14.3 Å². The van der Waals surface area contributed by atoms with Crippen molar-refractivity contribution in [3.05, 3.63) is 12.2 Å². The fraction of sp³-hybridized carbons (Fsp3) is 0.897. The van der Waals surface area contributed by atoms with Crippen molar-refractivity contribution < 1.29 is 19.4 Å². The zero-order chi connectivity index (χ0) is 23.9. The van der Waals surface area contributed by atoms with Crippen LogP contribution in [0.2, 0.25) is 0 Å². The predicted octanol–water partition coefficient (Wildman–Crippen LogP) is 7.09. The van der Waals surface area contributed by atoms with Crippen LogP contribution in [0.15, 0.2) is 12.2 Å². The van der Waals surface area contributed by atoms with Gasteiger partial charge in [-0.15, -0.1) is 0 Å². The van der Waals surface area contributed by atoms with E-state index in [1.165, 1.54) is 89.9 Å².